The number of ether oxygens (including phenoxy) is 1. The molecule has 0 heterocycles. The lowest BCUT2D eigenvalue weighted by atomic mass is 9.82. The van der Waals surface area contributed by atoms with Gasteiger partial charge in [0.2, 0.25) is 0 Å². The van der Waals surface area contributed by atoms with Gasteiger partial charge >= 0.3 is 6.18 Å². The van der Waals surface area contributed by atoms with Gasteiger partial charge in [0.25, 0.3) is 0 Å². The van der Waals surface area contributed by atoms with Gasteiger partial charge in [0.1, 0.15) is 0 Å². The molecule has 0 aliphatic carbocycles. The first-order chi connectivity index (χ1) is 8.41. The first-order valence-electron chi connectivity index (χ1n) is 6.16. The van der Waals surface area contributed by atoms with Gasteiger partial charge in [-0.3, -0.25) is 0 Å². The minimum atomic E-state index is -4.45. The van der Waals surface area contributed by atoms with Crippen LogP contribution in [0, 0.1) is 6.92 Å². The van der Waals surface area contributed by atoms with E-state index in [1.165, 1.54) is 6.07 Å². The molecular formula is C15H21F3O. The Morgan fingerprint density at radius 1 is 0.895 bits per heavy atom. The SMILES string of the molecule is COC(C)(c1cc(C)cc(C(C)(C)C)c1)C(F)(F)F. The molecule has 108 valence electrons. The Morgan fingerprint density at radius 3 is 1.74 bits per heavy atom. The van der Waals surface area contributed by atoms with E-state index in [1.54, 1.807) is 13.0 Å². The van der Waals surface area contributed by atoms with Crippen LogP contribution >= 0.6 is 0 Å². The summed E-state index contributed by atoms with van der Waals surface area (Å²) in [4.78, 5) is 0. The minimum absolute atomic E-state index is 0.146. The number of hydrogen-bond donors (Lipinski definition) is 0. The standard InChI is InChI=1S/C15H21F3O/c1-10-7-11(13(2,3)4)9-12(8-10)14(5,19-6)15(16,17)18/h7-9H,1-6H3. The zero-order valence-corrected chi connectivity index (χ0v) is 12.3. The first-order valence-corrected chi connectivity index (χ1v) is 6.16. The number of alkyl halides is 3. The summed E-state index contributed by atoms with van der Waals surface area (Å²) in [5.74, 6) is 0. The van der Waals surface area contributed by atoms with Crippen molar-refractivity contribution in [2.45, 2.75) is 51.8 Å². The normalized spacial score (nSPS) is 16.3. The third kappa shape index (κ3) is 3.11. The highest BCUT2D eigenvalue weighted by molar-refractivity contribution is 5.37. The Balaban J connectivity index is 3.47. The second-order valence-corrected chi connectivity index (χ2v) is 6.07. The quantitative estimate of drug-likeness (QED) is 0.758. The third-order valence-electron chi connectivity index (χ3n) is 3.44. The molecule has 4 heteroatoms. The van der Waals surface area contributed by atoms with E-state index in [0.29, 0.717) is 0 Å². The third-order valence-corrected chi connectivity index (χ3v) is 3.44. The van der Waals surface area contributed by atoms with E-state index >= 15 is 0 Å². The lowest BCUT2D eigenvalue weighted by molar-refractivity contribution is -0.269. The monoisotopic (exact) mass is 274 g/mol. The largest absolute Gasteiger partial charge is 0.421 e. The van der Waals surface area contributed by atoms with Crippen LogP contribution in [-0.4, -0.2) is 13.3 Å². The van der Waals surface area contributed by atoms with Crippen LogP contribution in [0.4, 0.5) is 13.2 Å². The van der Waals surface area contributed by atoms with Gasteiger partial charge in [-0.15, -0.1) is 0 Å². The van der Waals surface area contributed by atoms with E-state index < -0.39 is 11.8 Å². The maximum absolute atomic E-state index is 13.2. The van der Waals surface area contributed by atoms with Crippen molar-refractivity contribution in [3.63, 3.8) is 0 Å². The summed E-state index contributed by atoms with van der Waals surface area (Å²) >= 11 is 0. The number of rotatable bonds is 2. The molecule has 19 heavy (non-hydrogen) atoms. The highest BCUT2D eigenvalue weighted by Gasteiger charge is 2.53. The topological polar surface area (TPSA) is 9.23 Å². The van der Waals surface area contributed by atoms with Crippen LogP contribution in [0.25, 0.3) is 0 Å². The van der Waals surface area contributed by atoms with Crippen LogP contribution in [0.3, 0.4) is 0 Å². The van der Waals surface area contributed by atoms with Crippen LogP contribution in [0.2, 0.25) is 0 Å². The Hall–Kier alpha value is -1.03. The predicted octanol–water partition coefficient (Wildman–Crippen LogP) is 4.72. The van der Waals surface area contributed by atoms with Crippen LogP contribution < -0.4 is 0 Å². The fourth-order valence-corrected chi connectivity index (χ4v) is 1.89. The van der Waals surface area contributed by atoms with E-state index in [9.17, 15) is 13.2 Å². The molecule has 0 bridgehead atoms. The Bertz CT molecular complexity index is 457. The van der Waals surface area contributed by atoms with Crippen molar-refractivity contribution in [3.8, 4) is 0 Å². The van der Waals surface area contributed by atoms with Crippen molar-refractivity contribution in [2.24, 2.45) is 0 Å². The van der Waals surface area contributed by atoms with Crippen molar-refractivity contribution in [2.75, 3.05) is 7.11 Å². The molecule has 0 aliphatic rings. The van der Waals surface area contributed by atoms with Gasteiger partial charge in [-0.25, -0.2) is 0 Å². The second kappa shape index (κ2) is 4.82. The lowest BCUT2D eigenvalue weighted by Gasteiger charge is -2.32. The molecule has 0 amide bonds. The zero-order valence-electron chi connectivity index (χ0n) is 12.3. The van der Waals surface area contributed by atoms with Crippen molar-refractivity contribution in [1.29, 1.82) is 0 Å². The summed E-state index contributed by atoms with van der Waals surface area (Å²) < 4.78 is 44.5. The molecule has 1 rings (SSSR count). The lowest BCUT2D eigenvalue weighted by Crippen LogP contribution is -2.41. The summed E-state index contributed by atoms with van der Waals surface area (Å²) in [5, 5.41) is 0. The van der Waals surface area contributed by atoms with Crippen molar-refractivity contribution >= 4 is 0 Å². The van der Waals surface area contributed by atoms with E-state index in [2.05, 4.69) is 0 Å². The Morgan fingerprint density at radius 2 is 1.37 bits per heavy atom. The maximum Gasteiger partial charge on any atom is 0.421 e. The van der Waals surface area contributed by atoms with Gasteiger partial charge in [-0.2, -0.15) is 13.2 Å². The number of benzene rings is 1. The van der Waals surface area contributed by atoms with Crippen molar-refractivity contribution < 1.29 is 17.9 Å². The van der Waals surface area contributed by atoms with Gasteiger partial charge < -0.3 is 4.74 Å². The first kappa shape index (κ1) is 16.0. The molecule has 1 aromatic carbocycles. The predicted molar refractivity (Wildman–Crippen MR) is 70.3 cm³/mol. The number of methoxy groups -OCH3 is 1. The van der Waals surface area contributed by atoms with Crippen molar-refractivity contribution in [1.82, 2.24) is 0 Å². The summed E-state index contributed by atoms with van der Waals surface area (Å²) in [6.07, 6.45) is -4.45. The molecule has 0 N–H and O–H groups in total. The highest BCUT2D eigenvalue weighted by atomic mass is 19.4. The number of hydrogen-bond acceptors (Lipinski definition) is 1. The summed E-state index contributed by atoms with van der Waals surface area (Å²) in [5.41, 5.74) is -0.669. The van der Waals surface area contributed by atoms with Gasteiger partial charge in [0.15, 0.2) is 5.60 Å². The van der Waals surface area contributed by atoms with Gasteiger partial charge in [0, 0.05) is 7.11 Å². The van der Waals surface area contributed by atoms with E-state index in [0.717, 1.165) is 25.2 Å². The van der Waals surface area contributed by atoms with E-state index in [-0.39, 0.29) is 11.0 Å². The average Bonchev–Trinajstić information content (AvgIpc) is 2.24. The van der Waals surface area contributed by atoms with Crippen LogP contribution in [0.15, 0.2) is 18.2 Å². The molecule has 0 aliphatic heterocycles. The van der Waals surface area contributed by atoms with Gasteiger partial charge in [-0.05, 0) is 30.4 Å². The van der Waals surface area contributed by atoms with Crippen LogP contribution in [-0.2, 0) is 15.8 Å². The molecule has 0 saturated carbocycles. The molecule has 1 nitrogen and oxygen atoms in total. The molecule has 1 unspecified atom stereocenters. The fourth-order valence-electron chi connectivity index (χ4n) is 1.89. The minimum Gasteiger partial charge on any atom is -0.364 e. The summed E-state index contributed by atoms with van der Waals surface area (Å²) in [7, 11) is 1.09. The van der Waals surface area contributed by atoms with Gasteiger partial charge in [-0.1, -0.05) is 44.5 Å². The summed E-state index contributed by atoms with van der Waals surface area (Å²) in [6.45, 7) is 8.79. The molecule has 0 saturated heterocycles. The van der Waals surface area contributed by atoms with E-state index in [1.807, 2.05) is 26.8 Å². The maximum atomic E-state index is 13.2. The highest BCUT2D eigenvalue weighted by Crippen LogP contribution is 2.42. The Kier molecular flexibility index (Phi) is 4.06. The van der Waals surface area contributed by atoms with Crippen molar-refractivity contribution in [3.05, 3.63) is 34.9 Å². The van der Waals surface area contributed by atoms with E-state index in [4.69, 9.17) is 4.74 Å². The molecule has 1 aromatic rings. The smallest absolute Gasteiger partial charge is 0.364 e. The molecule has 0 aromatic heterocycles. The second-order valence-electron chi connectivity index (χ2n) is 6.07. The molecule has 0 fully saturated rings. The molecular weight excluding hydrogens is 253 g/mol. The average molecular weight is 274 g/mol. The summed E-state index contributed by atoms with van der Waals surface area (Å²) in [6, 6.07) is 5.03. The van der Waals surface area contributed by atoms with Gasteiger partial charge in [0.05, 0.1) is 0 Å². The molecule has 0 spiro atoms. The van der Waals surface area contributed by atoms with Crippen LogP contribution in [0.5, 0.6) is 0 Å². The fraction of sp³-hybridized carbons (Fsp3) is 0.600. The number of halogens is 3. The molecule has 1 atom stereocenters. The zero-order chi connectivity index (χ0) is 15.1. The Labute approximate surface area is 112 Å². The molecule has 0 radical (unpaired) electrons. The number of aryl methyl sites for hydroxylation is 1. The van der Waals surface area contributed by atoms with Crippen LogP contribution in [0.1, 0.15) is 44.4 Å².